The number of nitrogens with zero attached hydrogens (tertiary/aromatic N) is 3. The van der Waals surface area contributed by atoms with Crippen molar-refractivity contribution in [2.75, 3.05) is 31.2 Å². The molecule has 0 amide bonds. The number of carboxylic acids is 1. The van der Waals surface area contributed by atoms with Crippen LogP contribution in [-0.4, -0.2) is 47.3 Å². The summed E-state index contributed by atoms with van der Waals surface area (Å²) in [7, 11) is 0. The van der Waals surface area contributed by atoms with Crippen LogP contribution in [0.1, 0.15) is 105 Å². The lowest BCUT2D eigenvalue weighted by molar-refractivity contribution is -0.179. The van der Waals surface area contributed by atoms with Gasteiger partial charge in [-0.1, -0.05) is 60.1 Å². The average Bonchev–Trinajstić information content (AvgIpc) is 2.95. The Bertz CT molecular complexity index is 1320. The van der Waals surface area contributed by atoms with Gasteiger partial charge in [0, 0.05) is 24.1 Å². The van der Waals surface area contributed by atoms with Gasteiger partial charge in [-0.2, -0.15) is 0 Å². The molecule has 1 aromatic heterocycles. The molecule has 1 aliphatic heterocycles. The number of fused-ring (bicyclic) bond motifs is 8. The molecule has 6 aliphatic rings. The Morgan fingerprint density at radius 1 is 0.977 bits per heavy atom. The lowest BCUT2D eigenvalue weighted by Crippen LogP contribution is -2.65. The normalized spacial score (nSPS) is 44.8. The molecule has 238 valence electrons. The molecule has 2 heterocycles. The molecule has 9 atom stereocenters. The third-order valence-electron chi connectivity index (χ3n) is 15.0. The van der Waals surface area contributed by atoms with Crippen molar-refractivity contribution in [3.05, 3.63) is 29.2 Å². The Balaban J connectivity index is 0.00000329. The molecule has 0 spiro atoms. The summed E-state index contributed by atoms with van der Waals surface area (Å²) in [6.45, 7) is 20.7. The zero-order valence-corrected chi connectivity index (χ0v) is 28.4. The average molecular weight is 612 g/mol. The van der Waals surface area contributed by atoms with Crippen LogP contribution in [0.5, 0.6) is 0 Å². The van der Waals surface area contributed by atoms with Gasteiger partial charge in [0.2, 0.25) is 0 Å². The fourth-order valence-corrected chi connectivity index (χ4v) is 12.4. The number of anilines is 1. The van der Waals surface area contributed by atoms with Crippen molar-refractivity contribution < 1.29 is 14.6 Å². The zero-order valence-electron chi connectivity index (χ0n) is 27.5. The molecule has 43 heavy (non-hydrogen) atoms. The van der Waals surface area contributed by atoms with E-state index in [-0.39, 0.29) is 40.0 Å². The van der Waals surface area contributed by atoms with E-state index in [2.05, 4.69) is 59.4 Å². The second-order valence-corrected chi connectivity index (χ2v) is 16.6. The number of hydrogen-bond acceptors (Lipinski definition) is 5. The van der Waals surface area contributed by atoms with Crippen LogP contribution in [0.2, 0.25) is 0 Å². The molecule has 1 aromatic rings. The van der Waals surface area contributed by atoms with Gasteiger partial charge in [0.05, 0.1) is 24.3 Å². The van der Waals surface area contributed by atoms with Crippen LogP contribution in [-0.2, 0) is 21.4 Å². The molecule has 3 saturated carbocycles. The van der Waals surface area contributed by atoms with Crippen LogP contribution in [0, 0.1) is 51.2 Å². The molecule has 6 nitrogen and oxygen atoms in total. The van der Waals surface area contributed by atoms with Gasteiger partial charge in [0.15, 0.2) is 0 Å². The number of carboxylic acid groups (broad SMARTS) is 1. The maximum absolute atomic E-state index is 13.0. The fraction of sp³-hybridized carbons (Fsp3) is 0.806. The summed E-state index contributed by atoms with van der Waals surface area (Å²) in [6, 6.07) is 0. The second-order valence-electron chi connectivity index (χ2n) is 16.6. The number of carbonyl (C=O) groups is 1. The second kappa shape index (κ2) is 10.2. The summed E-state index contributed by atoms with van der Waals surface area (Å²) in [6.07, 6.45) is 12.6. The van der Waals surface area contributed by atoms with Crippen molar-refractivity contribution in [3.63, 3.8) is 0 Å². The number of morpholine rings is 1. The Labute approximate surface area is 265 Å². The fourth-order valence-electron chi connectivity index (χ4n) is 12.4. The number of rotatable bonds is 2. The quantitative estimate of drug-likeness (QED) is 0.349. The van der Waals surface area contributed by atoms with Crippen molar-refractivity contribution in [2.24, 2.45) is 51.2 Å². The van der Waals surface area contributed by atoms with Crippen LogP contribution in [0.4, 0.5) is 5.82 Å². The number of hydrogen-bond donors (Lipinski definition) is 1. The number of halogens is 1. The summed E-state index contributed by atoms with van der Waals surface area (Å²) in [5.74, 6) is 2.81. The highest BCUT2D eigenvalue weighted by Crippen LogP contribution is 2.75. The smallest absolute Gasteiger partial charge is 0.310 e. The Morgan fingerprint density at radius 2 is 1.70 bits per heavy atom. The van der Waals surface area contributed by atoms with Crippen molar-refractivity contribution in [3.8, 4) is 0 Å². The Kier molecular flexibility index (Phi) is 7.41. The van der Waals surface area contributed by atoms with Crippen LogP contribution in [0.3, 0.4) is 0 Å². The first-order chi connectivity index (χ1) is 19.8. The monoisotopic (exact) mass is 611 g/mol. The maximum atomic E-state index is 13.0. The molecule has 7 rings (SSSR count). The first-order valence-corrected chi connectivity index (χ1v) is 16.9. The molecule has 7 heteroatoms. The highest BCUT2D eigenvalue weighted by atomic mass is 35.5. The minimum atomic E-state index is -0.586. The molecule has 0 aromatic carbocycles. The zero-order chi connectivity index (χ0) is 29.9. The molecular weight excluding hydrogens is 558 g/mol. The van der Waals surface area contributed by atoms with Crippen LogP contribution < -0.4 is 4.90 Å². The molecule has 0 radical (unpaired) electrons. The van der Waals surface area contributed by atoms with Crippen LogP contribution >= 0.6 is 12.4 Å². The molecule has 0 unspecified atom stereocenters. The minimum absolute atomic E-state index is 0. The third kappa shape index (κ3) is 3.96. The Hall–Kier alpha value is -1.66. The van der Waals surface area contributed by atoms with E-state index in [1.165, 1.54) is 29.7 Å². The van der Waals surface area contributed by atoms with Crippen molar-refractivity contribution >= 4 is 24.2 Å². The molecule has 4 fully saturated rings. The van der Waals surface area contributed by atoms with E-state index in [4.69, 9.17) is 14.7 Å². The summed E-state index contributed by atoms with van der Waals surface area (Å²) in [5, 5.41) is 10.7. The molecule has 0 bridgehead atoms. The third-order valence-corrected chi connectivity index (χ3v) is 15.0. The number of aromatic nitrogens is 2. The van der Waals surface area contributed by atoms with Crippen molar-refractivity contribution in [2.45, 2.75) is 105 Å². The highest BCUT2D eigenvalue weighted by molar-refractivity contribution is 5.85. The van der Waals surface area contributed by atoms with Crippen LogP contribution in [0.25, 0.3) is 0 Å². The van der Waals surface area contributed by atoms with Crippen molar-refractivity contribution in [1.29, 1.82) is 0 Å². The highest BCUT2D eigenvalue weighted by Gasteiger charge is 2.69. The SMILES string of the molecule is C[C@H]1[C@H](C)CC[C@]2(C(=O)O)CC[C@]3(C)C(=CC[C@@H]4[C@@]5(C)Cc6c(N7CCOCC7)ncnc6C(C)(C)[C@@H]5CC[C@]43C)[C@H]12.Cl. The lowest BCUT2D eigenvalue weighted by atomic mass is 9.33. The first kappa shape index (κ1) is 31.3. The molecule has 5 aliphatic carbocycles. The first-order valence-electron chi connectivity index (χ1n) is 16.9. The molecule has 1 saturated heterocycles. The van der Waals surface area contributed by atoms with Gasteiger partial charge in [-0.05, 0) is 97.2 Å². The largest absolute Gasteiger partial charge is 0.481 e. The van der Waals surface area contributed by atoms with Gasteiger partial charge >= 0.3 is 5.97 Å². The number of ether oxygens (including phenoxy) is 1. The van der Waals surface area contributed by atoms with Gasteiger partial charge in [-0.15, -0.1) is 12.4 Å². The van der Waals surface area contributed by atoms with E-state index in [0.717, 1.165) is 70.6 Å². The van der Waals surface area contributed by atoms with E-state index >= 15 is 0 Å². The van der Waals surface area contributed by atoms with E-state index in [9.17, 15) is 9.90 Å². The summed E-state index contributed by atoms with van der Waals surface area (Å²) >= 11 is 0. The van der Waals surface area contributed by atoms with E-state index < -0.39 is 11.4 Å². The number of allylic oxidation sites excluding steroid dienone is 2. The van der Waals surface area contributed by atoms with Gasteiger partial charge < -0.3 is 14.7 Å². The van der Waals surface area contributed by atoms with E-state index in [0.29, 0.717) is 23.7 Å². The standard InChI is InChI=1S/C36H53N3O3.ClH/c1-22-10-13-36(31(40)41)15-14-34(6)25(28(36)23(22)2)8-9-27-33(5)20-24-29(32(3,4)26(33)11-12-35(27,34)7)37-21-38-30(24)39-16-18-42-19-17-39;/h8,21-23,26-28H,9-20H2,1-7H3,(H,40,41);1H/t22-,23+,26+,27-,28+,33+,34-,35-,36+;/m1./s1. The van der Waals surface area contributed by atoms with E-state index in [1.807, 2.05) is 0 Å². The van der Waals surface area contributed by atoms with Gasteiger partial charge in [0.1, 0.15) is 12.1 Å². The van der Waals surface area contributed by atoms with E-state index in [1.54, 1.807) is 6.33 Å². The molecular formula is C36H54ClN3O3. The lowest BCUT2D eigenvalue weighted by Gasteiger charge is -2.70. The molecule has 1 N–H and O–H groups in total. The maximum Gasteiger partial charge on any atom is 0.310 e. The predicted molar refractivity (Wildman–Crippen MR) is 173 cm³/mol. The minimum Gasteiger partial charge on any atom is -0.481 e. The van der Waals surface area contributed by atoms with Gasteiger partial charge in [0.25, 0.3) is 0 Å². The number of aliphatic carboxylic acids is 1. The summed E-state index contributed by atoms with van der Waals surface area (Å²) < 4.78 is 5.70. The summed E-state index contributed by atoms with van der Waals surface area (Å²) in [4.78, 5) is 25.4. The van der Waals surface area contributed by atoms with Crippen LogP contribution in [0.15, 0.2) is 18.0 Å². The van der Waals surface area contributed by atoms with Gasteiger partial charge in [-0.3, -0.25) is 4.79 Å². The van der Waals surface area contributed by atoms with Crippen molar-refractivity contribution in [1.82, 2.24) is 9.97 Å². The topological polar surface area (TPSA) is 75.5 Å². The van der Waals surface area contributed by atoms with Gasteiger partial charge in [-0.25, -0.2) is 9.97 Å². The summed E-state index contributed by atoms with van der Waals surface area (Å²) in [5.41, 5.74) is 3.82. The predicted octanol–water partition coefficient (Wildman–Crippen LogP) is 7.49. The Morgan fingerprint density at radius 3 is 2.40 bits per heavy atom.